The number of quaternary nitrogens is 1. The van der Waals surface area contributed by atoms with E-state index >= 15 is 0 Å². The van der Waals surface area contributed by atoms with E-state index in [1.54, 1.807) is 46.7 Å². The van der Waals surface area contributed by atoms with E-state index in [0.29, 0.717) is 35.8 Å². The summed E-state index contributed by atoms with van der Waals surface area (Å²) >= 11 is 0. The number of benzene rings is 2. The minimum absolute atomic E-state index is 0.0449. The molecule has 0 aliphatic carbocycles. The van der Waals surface area contributed by atoms with Gasteiger partial charge in [0.05, 0.1) is 37.4 Å². The van der Waals surface area contributed by atoms with Gasteiger partial charge in [0, 0.05) is 37.1 Å². The van der Waals surface area contributed by atoms with Crippen LogP contribution < -0.4 is 36.4 Å². The van der Waals surface area contributed by atoms with E-state index in [9.17, 15) is 14.4 Å². The molecule has 3 rings (SSSR count). The number of nitrogens with one attached hydrogen (secondary N) is 2. The molecule has 2 aromatic rings. The summed E-state index contributed by atoms with van der Waals surface area (Å²) in [6.45, 7) is 14.7. The van der Waals surface area contributed by atoms with Gasteiger partial charge in [-0.15, -0.1) is 0 Å². The van der Waals surface area contributed by atoms with Crippen LogP contribution in [0.2, 0.25) is 0 Å². The number of hydrogen-bond acceptors (Lipinski definition) is 6. The molecule has 0 radical (unpaired) electrons. The van der Waals surface area contributed by atoms with Crippen molar-refractivity contribution in [3.63, 3.8) is 0 Å². The summed E-state index contributed by atoms with van der Waals surface area (Å²) in [6, 6.07) is 9.02. The Balaban J connectivity index is 1.90. The minimum atomic E-state index is -0.358. The van der Waals surface area contributed by atoms with Crippen LogP contribution in [0.3, 0.4) is 0 Å². The molecule has 0 saturated carbocycles. The first-order valence-electron chi connectivity index (χ1n) is 13.3. The number of fused-ring (bicyclic) bond motifs is 1. The van der Waals surface area contributed by atoms with Crippen molar-refractivity contribution in [1.29, 1.82) is 0 Å². The van der Waals surface area contributed by atoms with Gasteiger partial charge in [0.1, 0.15) is 11.4 Å². The Labute approximate surface area is 236 Å². The molecule has 2 aromatic carbocycles. The van der Waals surface area contributed by atoms with Crippen molar-refractivity contribution in [2.24, 2.45) is 11.1 Å². The lowest BCUT2D eigenvalue weighted by Crippen LogP contribution is -2.90. The molecular formula is C30H43N6O4+. The van der Waals surface area contributed by atoms with Gasteiger partial charge in [-0.25, -0.2) is 10.4 Å². The van der Waals surface area contributed by atoms with Crippen LogP contribution in [-0.2, 0) is 15.0 Å². The van der Waals surface area contributed by atoms with Crippen molar-refractivity contribution in [3.8, 4) is 5.75 Å². The Bertz CT molecular complexity index is 1340. The van der Waals surface area contributed by atoms with Crippen molar-refractivity contribution in [2.45, 2.75) is 53.9 Å². The monoisotopic (exact) mass is 551 g/mol. The van der Waals surface area contributed by atoms with Crippen molar-refractivity contribution >= 4 is 34.8 Å². The Morgan fingerprint density at radius 1 is 1.20 bits per heavy atom. The second kappa shape index (κ2) is 11.6. The highest BCUT2D eigenvalue weighted by atomic mass is 16.5. The van der Waals surface area contributed by atoms with E-state index in [-0.39, 0.29) is 34.2 Å². The third-order valence-electron chi connectivity index (χ3n) is 6.87. The second-order valence-electron chi connectivity index (χ2n) is 12.0. The number of aryl methyl sites for hydroxylation is 1. The van der Waals surface area contributed by atoms with Gasteiger partial charge in [-0.1, -0.05) is 40.7 Å². The van der Waals surface area contributed by atoms with Crippen LogP contribution in [0.25, 0.3) is 0 Å². The SMILES string of the molecule is C[NH2+]N(/C=C(\N)C(=O)NCC(C)(C)C)c1cc(C(=O)Nc2cc3c(cc2OC)N(C(C)=O)CC3(C)C)ccc1C. The highest BCUT2D eigenvalue weighted by molar-refractivity contribution is 6.06. The van der Waals surface area contributed by atoms with Gasteiger partial charge in [0.2, 0.25) is 5.91 Å². The average molecular weight is 552 g/mol. The molecule has 0 atom stereocenters. The largest absolute Gasteiger partial charge is 0.494 e. The van der Waals surface area contributed by atoms with E-state index in [1.807, 2.05) is 46.9 Å². The van der Waals surface area contributed by atoms with Gasteiger partial charge < -0.3 is 26.0 Å². The maximum atomic E-state index is 13.4. The van der Waals surface area contributed by atoms with Crippen molar-refractivity contribution in [2.75, 3.05) is 42.5 Å². The number of carbonyl (C=O) groups is 3. The Hall–Kier alpha value is -4.05. The quantitative estimate of drug-likeness (QED) is 0.227. The number of hydrogen-bond donors (Lipinski definition) is 4. The van der Waals surface area contributed by atoms with Crippen LogP contribution in [0.4, 0.5) is 17.1 Å². The molecule has 0 saturated heterocycles. The Morgan fingerprint density at radius 2 is 1.88 bits per heavy atom. The fraction of sp³-hybridized carbons (Fsp3) is 0.433. The molecule has 3 amide bonds. The van der Waals surface area contributed by atoms with Crippen molar-refractivity contribution in [3.05, 3.63) is 58.9 Å². The summed E-state index contributed by atoms with van der Waals surface area (Å²) in [5.41, 5.74) is 11.9. The number of rotatable bonds is 8. The molecule has 1 aliphatic rings. The highest BCUT2D eigenvalue weighted by Crippen LogP contribution is 2.45. The summed E-state index contributed by atoms with van der Waals surface area (Å²) in [7, 11) is 3.35. The summed E-state index contributed by atoms with van der Waals surface area (Å²) in [4.78, 5) is 39.9. The van der Waals surface area contributed by atoms with Crippen LogP contribution >= 0.6 is 0 Å². The molecule has 0 spiro atoms. The van der Waals surface area contributed by atoms with Crippen molar-refractivity contribution in [1.82, 2.24) is 5.32 Å². The number of anilines is 3. The summed E-state index contributed by atoms with van der Waals surface area (Å²) in [5.74, 6) is -0.265. The zero-order valence-electron chi connectivity index (χ0n) is 25.1. The molecule has 0 bridgehead atoms. The number of carbonyl (C=O) groups excluding carboxylic acids is 3. The van der Waals surface area contributed by atoms with Crippen LogP contribution in [0, 0.1) is 12.3 Å². The van der Waals surface area contributed by atoms with Gasteiger partial charge in [0.15, 0.2) is 0 Å². The summed E-state index contributed by atoms with van der Waals surface area (Å²) in [5, 5.41) is 7.56. The van der Waals surface area contributed by atoms with Gasteiger partial charge in [-0.3, -0.25) is 14.4 Å². The highest BCUT2D eigenvalue weighted by Gasteiger charge is 2.38. The molecule has 0 fully saturated rings. The first-order chi connectivity index (χ1) is 18.6. The van der Waals surface area contributed by atoms with Crippen LogP contribution in [0.15, 0.2) is 42.2 Å². The van der Waals surface area contributed by atoms with Gasteiger partial charge >= 0.3 is 0 Å². The van der Waals surface area contributed by atoms with Gasteiger partial charge in [0.25, 0.3) is 11.8 Å². The third-order valence-corrected chi connectivity index (χ3v) is 6.87. The first-order valence-corrected chi connectivity index (χ1v) is 13.3. The van der Waals surface area contributed by atoms with Crippen LogP contribution in [0.1, 0.15) is 63.0 Å². The molecule has 1 aliphatic heterocycles. The van der Waals surface area contributed by atoms with Gasteiger partial charge in [-0.05, 0) is 41.7 Å². The van der Waals surface area contributed by atoms with E-state index in [0.717, 1.165) is 16.8 Å². The van der Waals surface area contributed by atoms with E-state index < -0.39 is 0 Å². The third kappa shape index (κ3) is 6.74. The fourth-order valence-corrected chi connectivity index (χ4v) is 4.61. The average Bonchev–Trinajstić information content (AvgIpc) is 3.15. The minimum Gasteiger partial charge on any atom is -0.494 e. The normalized spacial score (nSPS) is 14.4. The van der Waals surface area contributed by atoms with Crippen LogP contribution in [0.5, 0.6) is 5.75 Å². The number of nitrogens with zero attached hydrogens (tertiary/aromatic N) is 2. The fourth-order valence-electron chi connectivity index (χ4n) is 4.61. The molecular weight excluding hydrogens is 508 g/mol. The lowest BCUT2D eigenvalue weighted by atomic mass is 9.86. The molecule has 1 heterocycles. The number of nitrogens with two attached hydrogens (primary N) is 2. The molecule has 6 N–H and O–H groups in total. The standard InChI is InChI=1S/C30H42N6O4/c1-18-10-11-20(12-24(18)36(32-8)15-22(31)28(39)33-16-29(3,4)5)27(38)34-23-13-21-25(14-26(23)40-9)35(19(2)37)17-30(21,6)7/h10-15,32H,16-17,31H2,1-9H3,(H,33,39)(H,34,38)/p+1/b22-15-. The lowest BCUT2D eigenvalue weighted by molar-refractivity contribution is -0.632. The smallest absolute Gasteiger partial charge is 0.268 e. The Kier molecular flexibility index (Phi) is 8.84. The molecule has 0 unspecified atom stereocenters. The van der Waals surface area contributed by atoms with E-state index in [4.69, 9.17) is 10.5 Å². The molecule has 40 heavy (non-hydrogen) atoms. The number of ether oxygens (including phenoxy) is 1. The summed E-state index contributed by atoms with van der Waals surface area (Å²) in [6.07, 6.45) is 1.55. The predicted octanol–water partition coefficient (Wildman–Crippen LogP) is 2.78. The van der Waals surface area contributed by atoms with Crippen molar-refractivity contribution < 1.29 is 24.5 Å². The second-order valence-corrected chi connectivity index (χ2v) is 12.0. The first kappa shape index (κ1) is 30.5. The molecule has 10 nitrogen and oxygen atoms in total. The maximum absolute atomic E-state index is 13.4. The lowest BCUT2D eigenvalue weighted by Gasteiger charge is -2.21. The molecule has 10 heteroatoms. The molecule has 216 valence electrons. The zero-order valence-corrected chi connectivity index (χ0v) is 25.1. The van der Waals surface area contributed by atoms with E-state index in [2.05, 4.69) is 24.5 Å². The van der Waals surface area contributed by atoms with E-state index in [1.165, 1.54) is 7.11 Å². The maximum Gasteiger partial charge on any atom is 0.268 e. The number of amides is 3. The number of methoxy groups -OCH3 is 1. The Morgan fingerprint density at radius 3 is 2.45 bits per heavy atom. The summed E-state index contributed by atoms with van der Waals surface area (Å²) < 4.78 is 5.58. The van der Waals surface area contributed by atoms with Crippen LogP contribution in [-0.4, -0.2) is 45.0 Å². The molecule has 0 aromatic heterocycles. The van der Waals surface area contributed by atoms with Gasteiger partial charge in [-0.2, -0.15) is 0 Å². The topological polar surface area (TPSA) is 134 Å². The zero-order chi connectivity index (χ0) is 30.0. The predicted molar refractivity (Wildman–Crippen MR) is 158 cm³/mol.